The first-order valence-corrected chi connectivity index (χ1v) is 8.57. The summed E-state index contributed by atoms with van der Waals surface area (Å²) in [7, 11) is 1.71. The Morgan fingerprint density at radius 2 is 1.65 bits per heavy atom. The monoisotopic (exact) mass is 394 g/mol. The molecule has 0 saturated heterocycles. The molecule has 0 N–H and O–H groups in total. The van der Waals surface area contributed by atoms with Crippen LogP contribution in [-0.4, -0.2) is 7.11 Å². The molecule has 0 bridgehead atoms. The van der Waals surface area contributed by atoms with Crippen LogP contribution in [0.4, 0.5) is 0 Å². The van der Waals surface area contributed by atoms with Crippen LogP contribution in [-0.2, 0) is 10.7 Å². The van der Waals surface area contributed by atoms with Gasteiger partial charge in [-0.15, -0.1) is 0 Å². The van der Waals surface area contributed by atoms with Gasteiger partial charge in [0.05, 0.1) is 7.11 Å². The quantitative estimate of drug-likeness (QED) is 0.469. The normalized spacial score (nSPS) is 10.9. The molecule has 0 aliphatic heterocycles. The van der Waals surface area contributed by atoms with Crippen LogP contribution in [0, 0.1) is 0 Å². The molecule has 104 valence electrons. The van der Waals surface area contributed by atoms with Gasteiger partial charge in [-0.25, -0.2) is 0 Å². The summed E-state index contributed by atoms with van der Waals surface area (Å²) < 4.78 is 5.42. The average Bonchev–Trinajstić information content (AvgIpc) is 2.52. The molecular weight excluding hydrogens is 380 g/mol. The highest BCUT2D eigenvalue weighted by molar-refractivity contribution is 9.08. The molecule has 2 aromatic carbocycles. The fourth-order valence-electron chi connectivity index (χ4n) is 2.00. The van der Waals surface area contributed by atoms with Gasteiger partial charge in [0.25, 0.3) is 0 Å². The lowest BCUT2D eigenvalue weighted by Crippen LogP contribution is -1.94. The fraction of sp³-hybridized carbons (Fsp3) is 0.176. The third-order valence-corrected chi connectivity index (χ3v) is 4.29. The molecular formula is C17H16Br2O. The molecule has 2 rings (SSSR count). The molecule has 0 unspecified atom stereocenters. The van der Waals surface area contributed by atoms with Crippen molar-refractivity contribution in [2.24, 2.45) is 0 Å². The van der Waals surface area contributed by atoms with Crippen molar-refractivity contribution >= 4 is 44.0 Å². The van der Waals surface area contributed by atoms with E-state index in [0.717, 1.165) is 22.0 Å². The van der Waals surface area contributed by atoms with E-state index < -0.39 is 0 Å². The van der Waals surface area contributed by atoms with Gasteiger partial charge in [-0.3, -0.25) is 0 Å². The second kappa shape index (κ2) is 7.65. The maximum atomic E-state index is 5.42. The summed E-state index contributed by atoms with van der Waals surface area (Å²) in [5, 5.41) is 1.59. The van der Waals surface area contributed by atoms with Gasteiger partial charge >= 0.3 is 0 Å². The number of alkyl halides is 2. The van der Waals surface area contributed by atoms with E-state index in [4.69, 9.17) is 4.74 Å². The van der Waals surface area contributed by atoms with E-state index in [1.165, 1.54) is 16.7 Å². The maximum Gasteiger partial charge on any atom is 0.123 e. The second-order valence-corrected chi connectivity index (χ2v) is 5.50. The van der Waals surface area contributed by atoms with Crippen LogP contribution in [0.2, 0.25) is 0 Å². The SMILES string of the molecule is COc1cc(CBr)c(/C=C/c2ccccc2)cc1CBr. The van der Waals surface area contributed by atoms with Gasteiger partial charge in [0, 0.05) is 16.2 Å². The average molecular weight is 396 g/mol. The summed E-state index contributed by atoms with van der Waals surface area (Å²) in [6.07, 6.45) is 4.28. The number of methoxy groups -OCH3 is 1. The molecule has 0 fully saturated rings. The molecule has 0 radical (unpaired) electrons. The van der Waals surface area contributed by atoms with Crippen LogP contribution in [0.1, 0.15) is 22.3 Å². The third-order valence-electron chi connectivity index (χ3n) is 3.09. The number of hydrogen-bond donors (Lipinski definition) is 0. The number of ether oxygens (including phenoxy) is 1. The molecule has 1 nitrogen and oxygen atoms in total. The molecule has 20 heavy (non-hydrogen) atoms. The van der Waals surface area contributed by atoms with Gasteiger partial charge in [0.1, 0.15) is 5.75 Å². The molecule has 0 spiro atoms. The highest BCUT2D eigenvalue weighted by Crippen LogP contribution is 2.28. The van der Waals surface area contributed by atoms with Gasteiger partial charge in [0.2, 0.25) is 0 Å². The van der Waals surface area contributed by atoms with Crippen molar-refractivity contribution in [3.63, 3.8) is 0 Å². The summed E-state index contributed by atoms with van der Waals surface area (Å²) >= 11 is 7.05. The predicted octanol–water partition coefficient (Wildman–Crippen LogP) is 5.66. The second-order valence-electron chi connectivity index (χ2n) is 4.37. The summed E-state index contributed by atoms with van der Waals surface area (Å²) in [5.74, 6) is 0.924. The van der Waals surface area contributed by atoms with Crippen LogP contribution in [0.3, 0.4) is 0 Å². The Kier molecular flexibility index (Phi) is 5.86. The first kappa shape index (κ1) is 15.3. The van der Waals surface area contributed by atoms with Crippen LogP contribution < -0.4 is 4.74 Å². The summed E-state index contributed by atoms with van der Waals surface area (Å²) in [4.78, 5) is 0. The smallest absolute Gasteiger partial charge is 0.123 e. The number of hydrogen-bond acceptors (Lipinski definition) is 1. The molecule has 0 heterocycles. The van der Waals surface area contributed by atoms with E-state index in [1.54, 1.807) is 7.11 Å². The summed E-state index contributed by atoms with van der Waals surface area (Å²) in [5.41, 5.74) is 4.79. The number of benzene rings is 2. The van der Waals surface area contributed by atoms with Gasteiger partial charge in [-0.2, -0.15) is 0 Å². The molecule has 3 heteroatoms. The van der Waals surface area contributed by atoms with Gasteiger partial charge in [0.15, 0.2) is 0 Å². The zero-order valence-corrected chi connectivity index (χ0v) is 14.4. The highest BCUT2D eigenvalue weighted by Gasteiger charge is 2.07. The van der Waals surface area contributed by atoms with E-state index in [9.17, 15) is 0 Å². The summed E-state index contributed by atoms with van der Waals surface area (Å²) in [6, 6.07) is 14.6. The number of halogens is 2. The van der Waals surface area contributed by atoms with Gasteiger partial charge in [-0.1, -0.05) is 74.3 Å². The maximum absolute atomic E-state index is 5.42. The van der Waals surface area contributed by atoms with Crippen LogP contribution in [0.25, 0.3) is 12.2 Å². The first-order valence-electron chi connectivity index (χ1n) is 6.33. The minimum absolute atomic E-state index is 0.783. The zero-order valence-electron chi connectivity index (χ0n) is 11.3. The van der Waals surface area contributed by atoms with Crippen LogP contribution in [0.15, 0.2) is 42.5 Å². The Bertz CT molecular complexity index is 591. The zero-order chi connectivity index (χ0) is 14.4. The number of rotatable bonds is 5. The molecule has 0 aliphatic carbocycles. The Balaban J connectivity index is 2.37. The van der Waals surface area contributed by atoms with Gasteiger partial charge in [-0.05, 0) is 28.8 Å². The lowest BCUT2D eigenvalue weighted by molar-refractivity contribution is 0.411. The van der Waals surface area contributed by atoms with Crippen molar-refractivity contribution in [2.45, 2.75) is 10.7 Å². The molecule has 0 aliphatic rings. The Morgan fingerprint density at radius 1 is 0.950 bits per heavy atom. The highest BCUT2D eigenvalue weighted by atomic mass is 79.9. The standard InChI is InChI=1S/C17H16Br2O/c1-20-17-10-15(11-18)14(9-16(17)12-19)8-7-13-5-3-2-4-6-13/h2-10H,11-12H2,1H3/b8-7+. The first-order chi connectivity index (χ1) is 9.78. The van der Waals surface area contributed by atoms with Crippen LogP contribution in [0.5, 0.6) is 5.75 Å². The Labute approximate surface area is 136 Å². The molecule has 0 aromatic heterocycles. The summed E-state index contributed by atoms with van der Waals surface area (Å²) in [6.45, 7) is 0. The van der Waals surface area contributed by atoms with Crippen molar-refractivity contribution < 1.29 is 4.74 Å². The van der Waals surface area contributed by atoms with Crippen LogP contribution >= 0.6 is 31.9 Å². The van der Waals surface area contributed by atoms with Crippen molar-refractivity contribution in [1.82, 2.24) is 0 Å². The van der Waals surface area contributed by atoms with E-state index in [0.29, 0.717) is 0 Å². The van der Waals surface area contributed by atoms with E-state index in [-0.39, 0.29) is 0 Å². The van der Waals surface area contributed by atoms with E-state index >= 15 is 0 Å². The lowest BCUT2D eigenvalue weighted by Gasteiger charge is -2.11. The van der Waals surface area contributed by atoms with Crippen molar-refractivity contribution in [3.8, 4) is 5.75 Å². The minimum atomic E-state index is 0.783. The Hall–Kier alpha value is -1.06. The predicted molar refractivity (Wildman–Crippen MR) is 93.6 cm³/mol. The molecule has 0 atom stereocenters. The van der Waals surface area contributed by atoms with E-state index in [1.807, 2.05) is 18.2 Å². The third kappa shape index (κ3) is 3.74. The van der Waals surface area contributed by atoms with Gasteiger partial charge < -0.3 is 4.74 Å². The van der Waals surface area contributed by atoms with Crippen molar-refractivity contribution in [2.75, 3.05) is 7.11 Å². The minimum Gasteiger partial charge on any atom is -0.496 e. The Morgan fingerprint density at radius 3 is 2.25 bits per heavy atom. The van der Waals surface area contributed by atoms with Crippen molar-refractivity contribution in [1.29, 1.82) is 0 Å². The largest absolute Gasteiger partial charge is 0.496 e. The molecule has 0 saturated carbocycles. The topological polar surface area (TPSA) is 9.23 Å². The fourth-order valence-corrected chi connectivity index (χ4v) is 2.93. The van der Waals surface area contributed by atoms with E-state index in [2.05, 4.69) is 68.3 Å². The molecule has 0 amide bonds. The molecule has 2 aromatic rings. The lowest BCUT2D eigenvalue weighted by atomic mass is 10.0. The van der Waals surface area contributed by atoms with Crippen molar-refractivity contribution in [3.05, 3.63) is 64.7 Å².